The van der Waals surface area contributed by atoms with Crippen molar-refractivity contribution in [2.75, 3.05) is 13.1 Å². The first-order chi connectivity index (χ1) is 8.58. The molecule has 1 aliphatic heterocycles. The summed E-state index contributed by atoms with van der Waals surface area (Å²) in [6.07, 6.45) is 1.67. The lowest BCUT2D eigenvalue weighted by Crippen LogP contribution is -2.44. The number of nitrogens with one attached hydrogen (secondary N) is 2. The van der Waals surface area contributed by atoms with Gasteiger partial charge >= 0.3 is 0 Å². The Morgan fingerprint density at radius 3 is 2.94 bits per heavy atom. The van der Waals surface area contributed by atoms with E-state index in [1.165, 1.54) is 0 Å². The second-order valence-electron chi connectivity index (χ2n) is 4.82. The van der Waals surface area contributed by atoms with E-state index in [2.05, 4.69) is 10.0 Å². The van der Waals surface area contributed by atoms with Gasteiger partial charge in [-0.15, -0.1) is 0 Å². The molecule has 1 aromatic carbocycles. The maximum atomic E-state index is 12.1. The average Bonchev–Trinajstić information content (AvgIpc) is 2.38. The fourth-order valence-corrected chi connectivity index (χ4v) is 3.63. The summed E-state index contributed by atoms with van der Waals surface area (Å²) in [6, 6.07) is 7.89. The van der Waals surface area contributed by atoms with E-state index in [-0.39, 0.29) is 5.25 Å². The molecule has 1 unspecified atom stereocenters. The minimum absolute atomic E-state index is 0.295. The summed E-state index contributed by atoms with van der Waals surface area (Å²) in [6.45, 7) is 3.86. The van der Waals surface area contributed by atoms with E-state index in [9.17, 15) is 8.42 Å². The third-order valence-corrected chi connectivity index (χ3v) is 5.08. The van der Waals surface area contributed by atoms with Crippen LogP contribution in [-0.4, -0.2) is 26.8 Å². The van der Waals surface area contributed by atoms with Gasteiger partial charge in [-0.2, -0.15) is 0 Å². The first-order valence-electron chi connectivity index (χ1n) is 6.33. The van der Waals surface area contributed by atoms with Crippen molar-refractivity contribution in [1.29, 1.82) is 0 Å². The Morgan fingerprint density at radius 2 is 2.28 bits per heavy atom. The van der Waals surface area contributed by atoms with Crippen LogP contribution in [0.3, 0.4) is 0 Å². The summed E-state index contributed by atoms with van der Waals surface area (Å²) in [5, 5.41) is 2.83. The van der Waals surface area contributed by atoms with Crippen LogP contribution < -0.4 is 10.0 Å². The van der Waals surface area contributed by atoms with E-state index in [1.807, 2.05) is 31.2 Å². The van der Waals surface area contributed by atoms with Crippen LogP contribution in [0, 0.1) is 6.92 Å². The number of hydrogen-bond donors (Lipinski definition) is 2. The Hall–Kier alpha value is -0.910. The van der Waals surface area contributed by atoms with Crippen molar-refractivity contribution in [3.8, 4) is 0 Å². The van der Waals surface area contributed by atoms with Crippen LogP contribution in [0.5, 0.6) is 0 Å². The van der Waals surface area contributed by atoms with Gasteiger partial charge in [-0.25, -0.2) is 13.1 Å². The lowest BCUT2D eigenvalue weighted by Gasteiger charge is -2.23. The normalized spacial score (nSPS) is 20.8. The molecule has 0 aliphatic carbocycles. The van der Waals surface area contributed by atoms with Crippen molar-refractivity contribution in [3.05, 3.63) is 35.4 Å². The Balaban J connectivity index is 1.96. The summed E-state index contributed by atoms with van der Waals surface area (Å²) in [4.78, 5) is 0. The zero-order valence-corrected chi connectivity index (χ0v) is 11.5. The molecular weight excluding hydrogens is 248 g/mol. The number of sulfonamides is 1. The van der Waals surface area contributed by atoms with E-state index in [1.54, 1.807) is 0 Å². The summed E-state index contributed by atoms with van der Waals surface area (Å²) in [7, 11) is -3.21. The van der Waals surface area contributed by atoms with Crippen molar-refractivity contribution in [3.63, 3.8) is 0 Å². The lowest BCUT2D eigenvalue weighted by molar-refractivity contribution is 0.490. The summed E-state index contributed by atoms with van der Waals surface area (Å²) in [5.74, 6) is 0. The van der Waals surface area contributed by atoms with Crippen LogP contribution in [0.1, 0.15) is 24.0 Å². The molecule has 0 spiro atoms. The Bertz CT molecular complexity index is 493. The SMILES string of the molecule is Cc1cccc(CNS(=O)(=O)C2CCCNC2)c1. The molecule has 1 aromatic rings. The van der Waals surface area contributed by atoms with E-state index in [4.69, 9.17) is 0 Å². The van der Waals surface area contributed by atoms with E-state index in [0.29, 0.717) is 13.1 Å². The minimum atomic E-state index is -3.21. The monoisotopic (exact) mass is 268 g/mol. The molecule has 0 aromatic heterocycles. The summed E-state index contributed by atoms with van der Waals surface area (Å²) < 4.78 is 26.9. The third-order valence-electron chi connectivity index (χ3n) is 3.25. The van der Waals surface area contributed by atoms with Gasteiger partial charge in [0.25, 0.3) is 0 Å². The number of benzene rings is 1. The molecule has 0 bridgehead atoms. The molecular formula is C13H20N2O2S. The molecule has 18 heavy (non-hydrogen) atoms. The predicted octanol–water partition coefficient (Wildman–Crippen LogP) is 1.17. The van der Waals surface area contributed by atoms with Gasteiger partial charge in [-0.1, -0.05) is 29.8 Å². The second kappa shape index (κ2) is 5.82. The molecule has 1 aliphatic rings. The van der Waals surface area contributed by atoms with Crippen LogP contribution in [0.2, 0.25) is 0 Å². The summed E-state index contributed by atoms with van der Waals surface area (Å²) >= 11 is 0. The van der Waals surface area contributed by atoms with Crippen molar-refractivity contribution in [2.45, 2.75) is 31.6 Å². The zero-order chi connectivity index (χ0) is 13.0. The quantitative estimate of drug-likeness (QED) is 0.862. The topological polar surface area (TPSA) is 58.2 Å². The van der Waals surface area contributed by atoms with Crippen LogP contribution in [0.4, 0.5) is 0 Å². The Morgan fingerprint density at radius 1 is 1.44 bits per heavy atom. The molecule has 0 radical (unpaired) electrons. The highest BCUT2D eigenvalue weighted by atomic mass is 32.2. The van der Waals surface area contributed by atoms with Crippen LogP contribution in [-0.2, 0) is 16.6 Å². The molecule has 1 fully saturated rings. The fraction of sp³-hybridized carbons (Fsp3) is 0.538. The molecule has 0 saturated carbocycles. The van der Waals surface area contributed by atoms with Crippen LogP contribution >= 0.6 is 0 Å². The highest BCUT2D eigenvalue weighted by molar-refractivity contribution is 7.90. The molecule has 100 valence electrons. The Kier molecular flexibility index (Phi) is 4.37. The number of piperidine rings is 1. The first kappa shape index (κ1) is 13.5. The number of rotatable bonds is 4. The number of hydrogen-bond acceptors (Lipinski definition) is 3. The highest BCUT2D eigenvalue weighted by Crippen LogP contribution is 2.11. The van der Waals surface area contributed by atoms with Gasteiger partial charge in [0.15, 0.2) is 0 Å². The van der Waals surface area contributed by atoms with Gasteiger partial charge in [-0.05, 0) is 31.9 Å². The maximum absolute atomic E-state index is 12.1. The highest BCUT2D eigenvalue weighted by Gasteiger charge is 2.26. The number of aryl methyl sites for hydroxylation is 1. The molecule has 1 atom stereocenters. The van der Waals surface area contributed by atoms with Gasteiger partial charge in [0.2, 0.25) is 10.0 Å². The second-order valence-corrected chi connectivity index (χ2v) is 6.87. The zero-order valence-electron chi connectivity index (χ0n) is 10.6. The van der Waals surface area contributed by atoms with Crippen molar-refractivity contribution in [2.24, 2.45) is 0 Å². The standard InChI is InChI=1S/C13H20N2O2S/c1-11-4-2-5-12(8-11)9-15-18(16,17)13-6-3-7-14-10-13/h2,4-5,8,13-15H,3,6-7,9-10H2,1H3. The first-order valence-corrected chi connectivity index (χ1v) is 7.87. The van der Waals surface area contributed by atoms with Crippen molar-refractivity contribution < 1.29 is 8.42 Å². The predicted molar refractivity (Wildman–Crippen MR) is 72.8 cm³/mol. The molecule has 1 heterocycles. The van der Waals surface area contributed by atoms with Gasteiger partial charge in [0, 0.05) is 13.1 Å². The van der Waals surface area contributed by atoms with Crippen LogP contribution in [0.15, 0.2) is 24.3 Å². The van der Waals surface area contributed by atoms with Crippen LogP contribution in [0.25, 0.3) is 0 Å². The van der Waals surface area contributed by atoms with Crippen molar-refractivity contribution in [1.82, 2.24) is 10.0 Å². The van der Waals surface area contributed by atoms with Gasteiger partial charge < -0.3 is 5.32 Å². The van der Waals surface area contributed by atoms with E-state index < -0.39 is 10.0 Å². The average molecular weight is 268 g/mol. The molecule has 5 heteroatoms. The Labute approximate surface area is 109 Å². The molecule has 2 rings (SSSR count). The fourth-order valence-electron chi connectivity index (χ4n) is 2.21. The lowest BCUT2D eigenvalue weighted by atomic mass is 10.1. The van der Waals surface area contributed by atoms with Gasteiger partial charge in [-0.3, -0.25) is 0 Å². The molecule has 4 nitrogen and oxygen atoms in total. The maximum Gasteiger partial charge on any atom is 0.216 e. The van der Waals surface area contributed by atoms with Gasteiger partial charge in [0.1, 0.15) is 0 Å². The van der Waals surface area contributed by atoms with Gasteiger partial charge in [0.05, 0.1) is 5.25 Å². The smallest absolute Gasteiger partial charge is 0.216 e. The third kappa shape index (κ3) is 3.54. The molecule has 2 N–H and O–H groups in total. The van der Waals surface area contributed by atoms with E-state index in [0.717, 1.165) is 30.5 Å². The largest absolute Gasteiger partial charge is 0.315 e. The van der Waals surface area contributed by atoms with Crippen molar-refractivity contribution >= 4 is 10.0 Å². The summed E-state index contributed by atoms with van der Waals surface area (Å²) in [5.41, 5.74) is 2.15. The molecule has 1 saturated heterocycles. The van der Waals surface area contributed by atoms with E-state index >= 15 is 0 Å². The minimum Gasteiger partial charge on any atom is -0.315 e. The molecule has 0 amide bonds.